The van der Waals surface area contributed by atoms with Gasteiger partial charge in [0.1, 0.15) is 0 Å². The highest BCUT2D eigenvalue weighted by Gasteiger charge is 2.36. The van der Waals surface area contributed by atoms with E-state index >= 15 is 0 Å². The van der Waals surface area contributed by atoms with E-state index in [4.69, 9.17) is 0 Å². The van der Waals surface area contributed by atoms with E-state index in [2.05, 4.69) is 37.9 Å². The second-order valence-electron chi connectivity index (χ2n) is 5.25. The van der Waals surface area contributed by atoms with Crippen molar-refractivity contribution in [2.45, 2.75) is 65.7 Å². The second kappa shape index (κ2) is 6.94. The summed E-state index contributed by atoms with van der Waals surface area (Å²) in [5, 5.41) is 3.28. The predicted molar refractivity (Wildman–Crippen MR) is 79.4 cm³/mol. The third-order valence-corrected chi connectivity index (χ3v) is 4.13. The Morgan fingerprint density at radius 3 is 2.37 bits per heavy atom. The maximum atomic E-state index is 12.4. The molecule has 0 saturated heterocycles. The summed E-state index contributed by atoms with van der Waals surface area (Å²) in [6.07, 6.45) is 4.19. The van der Waals surface area contributed by atoms with Crippen LogP contribution in [0.25, 0.3) is 0 Å². The first-order chi connectivity index (χ1) is 9.03. The van der Waals surface area contributed by atoms with Crippen LogP contribution in [0.3, 0.4) is 0 Å². The zero-order valence-corrected chi connectivity index (χ0v) is 13.3. The van der Waals surface area contributed by atoms with Crippen molar-refractivity contribution in [3.05, 3.63) is 11.3 Å². The van der Waals surface area contributed by atoms with Gasteiger partial charge in [-0.2, -0.15) is 0 Å². The third-order valence-electron chi connectivity index (χ3n) is 4.13. The molecule has 0 aliphatic carbocycles. The van der Waals surface area contributed by atoms with E-state index in [0.717, 1.165) is 37.0 Å². The van der Waals surface area contributed by atoms with Crippen LogP contribution in [0.15, 0.2) is 11.3 Å². The van der Waals surface area contributed by atoms with Gasteiger partial charge in [0.25, 0.3) is 5.91 Å². The fourth-order valence-corrected chi connectivity index (χ4v) is 3.09. The summed E-state index contributed by atoms with van der Waals surface area (Å²) in [6, 6.07) is 0.486. The normalized spacial score (nSPS) is 22.2. The number of amides is 1. The van der Waals surface area contributed by atoms with Crippen molar-refractivity contribution in [3.8, 4) is 0 Å². The first kappa shape index (κ1) is 16.0. The van der Waals surface area contributed by atoms with Crippen LogP contribution in [0, 0.1) is 0 Å². The highest BCUT2D eigenvalue weighted by Crippen LogP contribution is 2.29. The summed E-state index contributed by atoms with van der Waals surface area (Å²) >= 11 is 0. The molecule has 0 saturated carbocycles. The minimum Gasteiger partial charge on any atom is -0.339 e. The van der Waals surface area contributed by atoms with Crippen molar-refractivity contribution in [1.82, 2.24) is 15.1 Å². The molecule has 0 aromatic heterocycles. The van der Waals surface area contributed by atoms with Gasteiger partial charge in [0.15, 0.2) is 6.29 Å². The van der Waals surface area contributed by atoms with Gasteiger partial charge in [-0.1, -0.05) is 27.2 Å². The average molecular weight is 267 g/mol. The van der Waals surface area contributed by atoms with Crippen LogP contribution in [0.1, 0.15) is 53.4 Å². The number of carbonyl (C=O) groups excluding carboxylic acids is 1. The minimum absolute atomic E-state index is 0.0284. The van der Waals surface area contributed by atoms with Crippen LogP contribution in [-0.2, 0) is 4.79 Å². The van der Waals surface area contributed by atoms with E-state index in [1.165, 1.54) is 0 Å². The van der Waals surface area contributed by atoms with Crippen LogP contribution in [0.2, 0.25) is 0 Å². The van der Waals surface area contributed by atoms with E-state index in [1.807, 2.05) is 19.0 Å². The molecule has 4 nitrogen and oxygen atoms in total. The number of hydrogen-bond acceptors (Lipinski definition) is 3. The van der Waals surface area contributed by atoms with Crippen molar-refractivity contribution in [2.24, 2.45) is 0 Å². The molecule has 110 valence electrons. The van der Waals surface area contributed by atoms with Crippen LogP contribution in [0.5, 0.6) is 0 Å². The molecule has 1 rings (SSSR count). The number of carbonyl (C=O) groups is 1. The van der Waals surface area contributed by atoms with Crippen molar-refractivity contribution in [2.75, 3.05) is 14.1 Å². The van der Waals surface area contributed by atoms with Gasteiger partial charge < -0.3 is 9.80 Å². The smallest absolute Gasteiger partial charge is 0.253 e. The van der Waals surface area contributed by atoms with Crippen LogP contribution in [0.4, 0.5) is 0 Å². The molecule has 2 unspecified atom stereocenters. The van der Waals surface area contributed by atoms with Crippen molar-refractivity contribution in [1.29, 1.82) is 0 Å². The molecule has 0 bridgehead atoms. The Morgan fingerprint density at radius 2 is 1.95 bits per heavy atom. The van der Waals surface area contributed by atoms with Crippen molar-refractivity contribution < 1.29 is 4.79 Å². The van der Waals surface area contributed by atoms with E-state index in [0.29, 0.717) is 6.04 Å². The molecule has 0 fully saturated rings. The number of rotatable bonds is 6. The van der Waals surface area contributed by atoms with Gasteiger partial charge in [-0.15, -0.1) is 0 Å². The number of likely N-dealkylation sites (N-methyl/N-ethyl adjacent to an activating group) is 1. The summed E-state index contributed by atoms with van der Waals surface area (Å²) in [5.74, 6) is 0.155. The zero-order chi connectivity index (χ0) is 14.6. The lowest BCUT2D eigenvalue weighted by atomic mass is 10.0. The molecule has 19 heavy (non-hydrogen) atoms. The molecule has 1 N–H and O–H groups in total. The largest absolute Gasteiger partial charge is 0.339 e. The third kappa shape index (κ3) is 2.94. The Balaban J connectivity index is 3.21. The van der Waals surface area contributed by atoms with Gasteiger partial charge in [0, 0.05) is 24.4 Å². The summed E-state index contributed by atoms with van der Waals surface area (Å²) in [4.78, 5) is 16.6. The SMILES string of the molecule is CCCC(CC)N1C(C)=C(CC)C(=O)N(C)C1NC. The van der Waals surface area contributed by atoms with Crippen molar-refractivity contribution >= 4 is 5.91 Å². The molecule has 0 radical (unpaired) electrons. The van der Waals surface area contributed by atoms with Gasteiger partial charge in [-0.05, 0) is 33.2 Å². The molecule has 4 heteroatoms. The molecule has 0 aromatic rings. The topological polar surface area (TPSA) is 35.6 Å². The lowest BCUT2D eigenvalue weighted by Crippen LogP contribution is -2.61. The molecular formula is C15H29N3O. The lowest BCUT2D eigenvalue weighted by Gasteiger charge is -2.48. The number of allylic oxidation sites excluding steroid dienone is 1. The highest BCUT2D eigenvalue weighted by atomic mass is 16.2. The number of nitrogens with zero attached hydrogens (tertiary/aromatic N) is 2. The molecular weight excluding hydrogens is 238 g/mol. The quantitative estimate of drug-likeness (QED) is 0.803. The van der Waals surface area contributed by atoms with Crippen LogP contribution >= 0.6 is 0 Å². The molecule has 1 aliphatic rings. The fourth-order valence-electron chi connectivity index (χ4n) is 3.09. The molecule has 1 amide bonds. The second-order valence-corrected chi connectivity index (χ2v) is 5.25. The van der Waals surface area contributed by atoms with E-state index < -0.39 is 0 Å². The maximum Gasteiger partial charge on any atom is 0.253 e. The van der Waals surface area contributed by atoms with E-state index in [-0.39, 0.29) is 12.2 Å². The Morgan fingerprint density at radius 1 is 1.32 bits per heavy atom. The van der Waals surface area contributed by atoms with Gasteiger partial charge in [-0.25, -0.2) is 0 Å². The van der Waals surface area contributed by atoms with Crippen LogP contribution in [-0.4, -0.2) is 42.1 Å². The highest BCUT2D eigenvalue weighted by molar-refractivity contribution is 5.94. The standard InChI is InChI=1S/C15H29N3O/c1-7-10-12(8-2)18-11(4)13(9-3)14(19)17(6)15(18)16-5/h12,15-16H,7-10H2,1-6H3. The number of nitrogens with one attached hydrogen (secondary N) is 1. The Labute approximate surface area is 117 Å². The van der Waals surface area contributed by atoms with Gasteiger partial charge in [-0.3, -0.25) is 10.1 Å². The van der Waals surface area contributed by atoms with Gasteiger partial charge in [0.05, 0.1) is 0 Å². The summed E-state index contributed by atoms with van der Waals surface area (Å²) in [6.45, 7) is 8.59. The maximum absolute atomic E-state index is 12.4. The Hall–Kier alpha value is -1.03. The zero-order valence-electron chi connectivity index (χ0n) is 13.3. The van der Waals surface area contributed by atoms with Crippen molar-refractivity contribution in [3.63, 3.8) is 0 Å². The summed E-state index contributed by atoms with van der Waals surface area (Å²) in [5.41, 5.74) is 2.09. The molecule has 2 atom stereocenters. The molecule has 0 spiro atoms. The fraction of sp³-hybridized carbons (Fsp3) is 0.800. The minimum atomic E-state index is -0.0284. The first-order valence-corrected chi connectivity index (χ1v) is 7.45. The van der Waals surface area contributed by atoms with E-state index in [9.17, 15) is 4.79 Å². The number of hydrogen-bond donors (Lipinski definition) is 1. The molecule has 0 aromatic carbocycles. The molecule has 1 heterocycles. The molecule has 1 aliphatic heterocycles. The monoisotopic (exact) mass is 267 g/mol. The lowest BCUT2D eigenvalue weighted by molar-refractivity contribution is -0.136. The average Bonchev–Trinajstić information content (AvgIpc) is 2.41. The summed E-state index contributed by atoms with van der Waals surface area (Å²) < 4.78 is 0. The van der Waals surface area contributed by atoms with E-state index in [1.54, 1.807) is 0 Å². The van der Waals surface area contributed by atoms with Gasteiger partial charge in [0.2, 0.25) is 0 Å². The Kier molecular flexibility index (Phi) is 5.85. The predicted octanol–water partition coefficient (Wildman–Crippen LogP) is 2.53. The Bertz CT molecular complexity index is 351. The summed E-state index contributed by atoms with van der Waals surface area (Å²) in [7, 11) is 3.81. The van der Waals surface area contributed by atoms with Gasteiger partial charge >= 0.3 is 0 Å². The van der Waals surface area contributed by atoms with Crippen LogP contribution < -0.4 is 5.32 Å². The first-order valence-electron chi connectivity index (χ1n) is 7.45.